The van der Waals surface area contributed by atoms with Crippen LogP contribution < -0.4 is 10.5 Å². The first-order valence-corrected chi connectivity index (χ1v) is 6.61. The molecular weight excluding hydrogens is 302 g/mol. The van der Waals surface area contributed by atoms with Crippen LogP contribution in [0.3, 0.4) is 0 Å². The molecule has 120 valence electrons. The topological polar surface area (TPSA) is 133 Å². The molecule has 0 radical (unpaired) electrons. The molecule has 9 heteroatoms. The van der Waals surface area contributed by atoms with Gasteiger partial charge in [-0.05, 0) is 19.1 Å². The number of ether oxygens (including phenoxy) is 1. The molecule has 0 aliphatic heterocycles. The van der Waals surface area contributed by atoms with Crippen molar-refractivity contribution in [2.45, 2.75) is 13.3 Å². The van der Waals surface area contributed by atoms with Crippen molar-refractivity contribution < 1.29 is 19.4 Å². The Hall–Kier alpha value is -3.23. The lowest BCUT2D eigenvalue weighted by Gasteiger charge is -2.06. The minimum Gasteiger partial charge on any atom is -0.494 e. The number of nitrogen functional groups attached to an aromatic ring is 1. The molecule has 0 saturated heterocycles. The molecule has 2 heterocycles. The molecule has 0 bridgehead atoms. The third kappa shape index (κ3) is 3.18. The number of carboxylic acids is 1. The number of rotatable bonds is 3. The number of aldehydes is 1. The Morgan fingerprint density at radius 3 is 2.74 bits per heavy atom. The quantitative estimate of drug-likeness (QED) is 0.674. The summed E-state index contributed by atoms with van der Waals surface area (Å²) in [7, 11) is 1.54. The van der Waals surface area contributed by atoms with Crippen LogP contribution in [-0.4, -0.2) is 44.1 Å². The fraction of sp³-hybridized carbons (Fsp3) is 0.214. The zero-order chi connectivity index (χ0) is 17.0. The van der Waals surface area contributed by atoms with E-state index in [0.29, 0.717) is 22.3 Å². The van der Waals surface area contributed by atoms with Gasteiger partial charge in [-0.1, -0.05) is 6.07 Å². The normalized spacial score (nSPS) is 10.2. The first-order valence-electron chi connectivity index (χ1n) is 6.61. The van der Waals surface area contributed by atoms with Crippen molar-refractivity contribution >= 4 is 34.8 Å². The smallest absolute Gasteiger partial charge is 0.311 e. The third-order valence-corrected chi connectivity index (χ3v) is 2.86. The number of aliphatic carboxylic acids is 1. The molecule has 0 aliphatic carbocycles. The lowest BCUT2D eigenvalue weighted by atomic mass is 10.2. The summed E-state index contributed by atoms with van der Waals surface area (Å²) in [6, 6.07) is 5.36. The van der Waals surface area contributed by atoms with Gasteiger partial charge in [-0.25, -0.2) is 9.97 Å². The number of nitrogens with two attached hydrogens (primary N) is 1. The fourth-order valence-corrected chi connectivity index (χ4v) is 2.04. The van der Waals surface area contributed by atoms with Gasteiger partial charge in [0.2, 0.25) is 5.95 Å². The Morgan fingerprint density at radius 2 is 2.13 bits per heavy atom. The second-order valence-corrected chi connectivity index (χ2v) is 4.40. The fourth-order valence-electron chi connectivity index (χ4n) is 2.04. The largest absolute Gasteiger partial charge is 0.494 e. The summed E-state index contributed by atoms with van der Waals surface area (Å²) in [5, 5.41) is 13.6. The van der Waals surface area contributed by atoms with Crippen LogP contribution in [0.15, 0.2) is 18.2 Å². The van der Waals surface area contributed by atoms with Crippen molar-refractivity contribution in [1.82, 2.24) is 19.6 Å². The van der Waals surface area contributed by atoms with Gasteiger partial charge in [0.1, 0.15) is 24.0 Å². The van der Waals surface area contributed by atoms with Crippen LogP contribution in [0.4, 0.5) is 5.95 Å². The maximum absolute atomic E-state index is 10.7. The molecule has 9 nitrogen and oxygen atoms in total. The van der Waals surface area contributed by atoms with Crippen molar-refractivity contribution in [1.29, 1.82) is 0 Å². The van der Waals surface area contributed by atoms with Crippen molar-refractivity contribution in [3.63, 3.8) is 0 Å². The van der Waals surface area contributed by atoms with E-state index >= 15 is 0 Å². The molecule has 0 amide bonds. The van der Waals surface area contributed by atoms with E-state index < -0.39 is 5.97 Å². The van der Waals surface area contributed by atoms with E-state index in [0.717, 1.165) is 6.29 Å². The van der Waals surface area contributed by atoms with Crippen molar-refractivity contribution in [2.75, 3.05) is 12.8 Å². The highest BCUT2D eigenvalue weighted by Crippen LogP contribution is 2.27. The zero-order valence-electron chi connectivity index (χ0n) is 12.6. The highest BCUT2D eigenvalue weighted by Gasteiger charge is 2.15. The molecule has 0 saturated carbocycles. The van der Waals surface area contributed by atoms with E-state index in [1.807, 2.05) is 0 Å². The molecule has 0 spiro atoms. The van der Waals surface area contributed by atoms with Gasteiger partial charge in [-0.15, -0.1) is 5.10 Å². The van der Waals surface area contributed by atoms with Crippen LogP contribution in [0, 0.1) is 0 Å². The van der Waals surface area contributed by atoms with Crippen LogP contribution in [0.25, 0.3) is 16.6 Å². The summed E-state index contributed by atoms with van der Waals surface area (Å²) in [5.74, 6) is -0.128. The Balaban J connectivity index is 0.000000595. The number of carbonyl (C=O) groups excluding carboxylic acids is 1. The molecule has 0 aliphatic rings. The number of para-hydroxylation sites is 1. The molecule has 0 unspecified atom stereocenters. The molecule has 1 aromatic carbocycles. The Morgan fingerprint density at radius 1 is 1.43 bits per heavy atom. The molecule has 0 fully saturated rings. The van der Waals surface area contributed by atoms with Crippen LogP contribution in [0.2, 0.25) is 0 Å². The summed E-state index contributed by atoms with van der Waals surface area (Å²) in [4.78, 5) is 28.0. The minimum absolute atomic E-state index is 0.126. The predicted octanol–water partition coefficient (Wildman–Crippen LogP) is 0.701. The van der Waals surface area contributed by atoms with E-state index in [4.69, 9.17) is 20.4 Å². The molecule has 2 aromatic heterocycles. The number of aromatic nitrogens is 4. The number of nitrogens with zero attached hydrogens (tertiary/aromatic N) is 4. The Bertz CT molecular complexity index is 874. The molecule has 3 N–H and O–H groups in total. The summed E-state index contributed by atoms with van der Waals surface area (Å²) < 4.78 is 6.57. The van der Waals surface area contributed by atoms with E-state index in [1.54, 1.807) is 18.2 Å². The van der Waals surface area contributed by atoms with Gasteiger partial charge < -0.3 is 20.4 Å². The van der Waals surface area contributed by atoms with E-state index in [-0.39, 0.29) is 18.2 Å². The predicted molar refractivity (Wildman–Crippen MR) is 82.3 cm³/mol. The number of hydrogen-bond donors (Lipinski definition) is 2. The van der Waals surface area contributed by atoms with E-state index in [2.05, 4.69) is 15.1 Å². The van der Waals surface area contributed by atoms with Crippen molar-refractivity contribution in [3.05, 3.63) is 24.0 Å². The van der Waals surface area contributed by atoms with E-state index in [9.17, 15) is 4.79 Å². The van der Waals surface area contributed by atoms with Crippen LogP contribution in [0.1, 0.15) is 12.7 Å². The second-order valence-electron chi connectivity index (χ2n) is 4.40. The first kappa shape index (κ1) is 16.1. The van der Waals surface area contributed by atoms with Gasteiger partial charge in [-0.3, -0.25) is 4.79 Å². The lowest BCUT2D eigenvalue weighted by Crippen LogP contribution is -2.04. The van der Waals surface area contributed by atoms with Gasteiger partial charge in [0.25, 0.3) is 0 Å². The van der Waals surface area contributed by atoms with Gasteiger partial charge in [0, 0.05) is 5.39 Å². The summed E-state index contributed by atoms with van der Waals surface area (Å²) in [5.41, 5.74) is 6.86. The van der Waals surface area contributed by atoms with Gasteiger partial charge >= 0.3 is 5.97 Å². The second kappa shape index (κ2) is 6.69. The number of fused-ring (bicyclic) bond motifs is 3. The monoisotopic (exact) mass is 317 g/mol. The zero-order valence-corrected chi connectivity index (χ0v) is 12.6. The van der Waals surface area contributed by atoms with Crippen LogP contribution in [0.5, 0.6) is 5.75 Å². The Labute approximate surface area is 130 Å². The van der Waals surface area contributed by atoms with Gasteiger partial charge in [-0.2, -0.15) is 4.52 Å². The maximum atomic E-state index is 10.7. The SMILES string of the molecule is CC=O.COc1cccc2c1nc(N)n1nc(CC(=O)O)nc21. The molecule has 3 aromatic rings. The number of carbonyl (C=O) groups is 2. The molecule has 23 heavy (non-hydrogen) atoms. The molecule has 3 rings (SSSR count). The van der Waals surface area contributed by atoms with Gasteiger partial charge in [0.05, 0.1) is 7.11 Å². The number of anilines is 1. The van der Waals surface area contributed by atoms with Crippen LogP contribution in [-0.2, 0) is 16.0 Å². The van der Waals surface area contributed by atoms with Crippen LogP contribution >= 0.6 is 0 Å². The first-order chi connectivity index (χ1) is 11.0. The average molecular weight is 317 g/mol. The Kier molecular flexibility index (Phi) is 4.69. The van der Waals surface area contributed by atoms with E-state index in [1.165, 1.54) is 18.5 Å². The summed E-state index contributed by atoms with van der Waals surface area (Å²) in [6.07, 6.45) is 0.479. The number of benzene rings is 1. The lowest BCUT2D eigenvalue weighted by molar-refractivity contribution is -0.136. The minimum atomic E-state index is -1.01. The third-order valence-electron chi connectivity index (χ3n) is 2.86. The summed E-state index contributed by atoms with van der Waals surface area (Å²) >= 11 is 0. The van der Waals surface area contributed by atoms with Crippen molar-refractivity contribution in [3.8, 4) is 5.75 Å². The number of carboxylic acid groups (broad SMARTS) is 1. The average Bonchev–Trinajstić information content (AvgIpc) is 2.91. The standard InChI is InChI=1S/C12H11N5O3.C2H4O/c1-20-7-4-2-3-6-10(7)15-12(13)17-11(6)14-8(16-17)5-9(18)19;1-2-3/h2-4H,5H2,1H3,(H2,13,15)(H,18,19);2H,1H3. The highest BCUT2D eigenvalue weighted by molar-refractivity contribution is 5.95. The van der Waals surface area contributed by atoms with Gasteiger partial charge in [0.15, 0.2) is 11.5 Å². The number of hydrogen-bond acceptors (Lipinski definition) is 7. The molecular formula is C14H15N5O4. The maximum Gasteiger partial charge on any atom is 0.311 e. The highest BCUT2D eigenvalue weighted by atomic mass is 16.5. The van der Waals surface area contributed by atoms with Crippen molar-refractivity contribution in [2.24, 2.45) is 0 Å². The number of methoxy groups -OCH3 is 1. The molecule has 0 atom stereocenters. The summed E-state index contributed by atoms with van der Waals surface area (Å²) in [6.45, 7) is 1.44.